The summed E-state index contributed by atoms with van der Waals surface area (Å²) in [6.07, 6.45) is -4.53. The predicted octanol–water partition coefficient (Wildman–Crippen LogP) is 4.21. The number of hydrogen-bond donors (Lipinski definition) is 2. The number of anilines is 1. The topological polar surface area (TPSA) is 88.2 Å². The number of thiazole rings is 1. The summed E-state index contributed by atoms with van der Waals surface area (Å²) in [6, 6.07) is 11.3. The number of aryl methyl sites for hydroxylation is 1. The first kappa shape index (κ1) is 21.8. The lowest BCUT2D eigenvalue weighted by Gasteiger charge is -2.10. The lowest BCUT2D eigenvalue weighted by molar-refractivity contribution is -0.123. The summed E-state index contributed by atoms with van der Waals surface area (Å²) < 4.78 is 64.0. The predicted molar refractivity (Wildman–Crippen MR) is 108 cm³/mol. The van der Waals surface area contributed by atoms with Gasteiger partial charge in [-0.05, 0) is 43.3 Å². The van der Waals surface area contributed by atoms with Crippen LogP contribution in [0.5, 0.6) is 0 Å². The average Bonchev–Trinajstić information content (AvgIpc) is 3.12. The fraction of sp³-hybridized carbons (Fsp3) is 0.158. The van der Waals surface area contributed by atoms with Gasteiger partial charge in [-0.1, -0.05) is 12.1 Å². The fourth-order valence-electron chi connectivity index (χ4n) is 2.49. The van der Waals surface area contributed by atoms with Crippen molar-refractivity contribution in [2.75, 3.05) is 11.3 Å². The molecule has 0 spiro atoms. The van der Waals surface area contributed by atoms with E-state index in [0.717, 1.165) is 40.5 Å². The highest BCUT2D eigenvalue weighted by Crippen LogP contribution is 2.24. The zero-order valence-corrected chi connectivity index (χ0v) is 17.2. The number of carbonyl (C=O) groups excluding carboxylic acids is 1. The van der Waals surface area contributed by atoms with Crippen molar-refractivity contribution in [3.63, 3.8) is 0 Å². The normalized spacial score (nSPS) is 11.9. The molecule has 0 radical (unpaired) electrons. The van der Waals surface area contributed by atoms with E-state index >= 15 is 0 Å². The summed E-state index contributed by atoms with van der Waals surface area (Å²) in [6.45, 7) is 0.422. The number of nitrogens with one attached hydrogen (secondary N) is 2. The van der Waals surface area contributed by atoms with E-state index in [1.165, 1.54) is 11.3 Å². The first-order valence-corrected chi connectivity index (χ1v) is 10.9. The van der Waals surface area contributed by atoms with E-state index in [4.69, 9.17) is 0 Å². The number of rotatable bonds is 6. The second kappa shape index (κ2) is 8.44. The molecule has 0 aliphatic carbocycles. The van der Waals surface area contributed by atoms with Crippen molar-refractivity contribution in [1.29, 1.82) is 0 Å². The molecule has 1 amide bonds. The molecule has 2 N–H and O–H groups in total. The highest BCUT2D eigenvalue weighted by atomic mass is 32.2. The molecule has 158 valence electrons. The number of alkyl halides is 3. The molecule has 0 atom stereocenters. The zero-order valence-electron chi connectivity index (χ0n) is 15.5. The Hall–Kier alpha value is -2.92. The third kappa shape index (κ3) is 5.57. The number of hydrogen-bond acceptors (Lipinski definition) is 5. The Bertz CT molecular complexity index is 1140. The van der Waals surface area contributed by atoms with Crippen LogP contribution in [0.2, 0.25) is 0 Å². The summed E-state index contributed by atoms with van der Waals surface area (Å²) in [5, 5.41) is 4.55. The van der Waals surface area contributed by atoms with Crippen molar-refractivity contribution in [3.8, 4) is 11.3 Å². The molecular weight excluding hydrogens is 439 g/mol. The van der Waals surface area contributed by atoms with Gasteiger partial charge >= 0.3 is 6.18 Å². The molecule has 11 heteroatoms. The van der Waals surface area contributed by atoms with Crippen molar-refractivity contribution in [3.05, 3.63) is 64.5 Å². The highest BCUT2D eigenvalue weighted by Gasteiger charge is 2.28. The van der Waals surface area contributed by atoms with Crippen LogP contribution < -0.4 is 10.0 Å². The van der Waals surface area contributed by atoms with Crippen molar-refractivity contribution < 1.29 is 26.4 Å². The molecule has 3 aromatic rings. The third-order valence-corrected chi connectivity index (χ3v) is 6.10. The Balaban J connectivity index is 1.69. The Morgan fingerprint density at radius 3 is 2.23 bits per heavy atom. The largest absolute Gasteiger partial charge is 0.405 e. The molecule has 0 unspecified atom stereocenters. The average molecular weight is 455 g/mol. The van der Waals surface area contributed by atoms with Gasteiger partial charge in [-0.25, -0.2) is 13.4 Å². The maximum absolute atomic E-state index is 12.5. The molecule has 0 saturated carbocycles. The van der Waals surface area contributed by atoms with Gasteiger partial charge in [-0.3, -0.25) is 9.52 Å². The smallest absolute Gasteiger partial charge is 0.343 e. The molecule has 0 aliphatic heterocycles. The number of amides is 1. The van der Waals surface area contributed by atoms with E-state index in [1.54, 1.807) is 29.6 Å². The van der Waals surface area contributed by atoms with Crippen molar-refractivity contribution in [2.24, 2.45) is 0 Å². The number of aromatic nitrogens is 1. The van der Waals surface area contributed by atoms with Crippen LogP contribution in [0.15, 0.2) is 58.8 Å². The van der Waals surface area contributed by atoms with Gasteiger partial charge in [0.25, 0.3) is 15.9 Å². The van der Waals surface area contributed by atoms with Crippen molar-refractivity contribution in [1.82, 2.24) is 10.3 Å². The number of benzene rings is 2. The van der Waals surface area contributed by atoms with E-state index in [1.807, 2.05) is 12.3 Å². The number of halogens is 3. The van der Waals surface area contributed by atoms with E-state index < -0.39 is 28.7 Å². The molecule has 0 saturated heterocycles. The van der Waals surface area contributed by atoms with Crippen LogP contribution in [0, 0.1) is 6.92 Å². The Kier molecular flexibility index (Phi) is 6.13. The molecule has 0 aliphatic rings. The summed E-state index contributed by atoms with van der Waals surface area (Å²) >= 11 is 1.51. The summed E-state index contributed by atoms with van der Waals surface area (Å²) in [5.74, 6) is -0.947. The van der Waals surface area contributed by atoms with Crippen molar-refractivity contribution >= 4 is 33.0 Å². The van der Waals surface area contributed by atoms with Crippen LogP contribution in [0.3, 0.4) is 0 Å². The number of carbonyl (C=O) groups is 1. The Morgan fingerprint density at radius 1 is 1.07 bits per heavy atom. The molecular formula is C19H16F3N3O3S2. The van der Waals surface area contributed by atoms with Gasteiger partial charge in [0, 0.05) is 22.2 Å². The van der Waals surface area contributed by atoms with E-state index in [2.05, 4.69) is 9.71 Å². The summed E-state index contributed by atoms with van der Waals surface area (Å²) in [5.41, 5.74) is 1.89. The van der Waals surface area contributed by atoms with E-state index in [-0.39, 0.29) is 10.5 Å². The molecule has 1 aromatic heterocycles. The second-order valence-electron chi connectivity index (χ2n) is 6.26. The van der Waals surface area contributed by atoms with Crippen molar-refractivity contribution in [2.45, 2.75) is 18.0 Å². The van der Waals surface area contributed by atoms with Gasteiger partial charge in [0.15, 0.2) is 0 Å². The first-order chi connectivity index (χ1) is 14.0. The quantitative estimate of drug-likeness (QED) is 0.583. The molecule has 1 heterocycles. The highest BCUT2D eigenvalue weighted by molar-refractivity contribution is 7.92. The van der Waals surface area contributed by atoms with Gasteiger partial charge < -0.3 is 5.32 Å². The fourth-order valence-corrected chi connectivity index (χ4v) is 4.17. The minimum absolute atomic E-state index is 0.0823. The van der Waals surface area contributed by atoms with Gasteiger partial charge in [-0.2, -0.15) is 13.2 Å². The lowest BCUT2D eigenvalue weighted by Crippen LogP contribution is -2.33. The summed E-state index contributed by atoms with van der Waals surface area (Å²) in [7, 11) is -3.94. The molecule has 6 nitrogen and oxygen atoms in total. The molecule has 2 aromatic carbocycles. The van der Waals surface area contributed by atoms with Crippen LogP contribution in [-0.2, 0) is 10.0 Å². The maximum Gasteiger partial charge on any atom is 0.405 e. The third-order valence-electron chi connectivity index (χ3n) is 3.93. The molecule has 3 rings (SSSR count). The number of nitrogens with zero attached hydrogens (tertiary/aromatic N) is 1. The SMILES string of the molecule is Cc1nc(-c2ccc(NS(=O)(=O)c3ccc(C(=O)NCC(F)(F)F)cc3)cc2)cs1. The number of sulfonamides is 1. The van der Waals surface area contributed by atoms with Gasteiger partial charge in [0.05, 0.1) is 15.6 Å². The van der Waals surface area contributed by atoms with E-state index in [0.29, 0.717) is 5.69 Å². The first-order valence-electron chi connectivity index (χ1n) is 8.54. The lowest BCUT2D eigenvalue weighted by atomic mass is 10.1. The molecule has 0 bridgehead atoms. The van der Waals surface area contributed by atoms with Crippen LogP contribution in [0.1, 0.15) is 15.4 Å². The van der Waals surface area contributed by atoms with Crippen LogP contribution >= 0.6 is 11.3 Å². The minimum Gasteiger partial charge on any atom is -0.343 e. The minimum atomic E-state index is -4.53. The molecule has 0 fully saturated rings. The van der Waals surface area contributed by atoms with E-state index in [9.17, 15) is 26.4 Å². The maximum atomic E-state index is 12.5. The second-order valence-corrected chi connectivity index (χ2v) is 9.00. The van der Waals surface area contributed by atoms with Gasteiger partial charge in [0.1, 0.15) is 6.54 Å². The Morgan fingerprint density at radius 2 is 1.70 bits per heavy atom. The van der Waals surface area contributed by atoms with Gasteiger partial charge in [-0.15, -0.1) is 11.3 Å². The van der Waals surface area contributed by atoms with Crippen LogP contribution in [0.4, 0.5) is 18.9 Å². The monoisotopic (exact) mass is 455 g/mol. The standard InChI is InChI=1S/C19H16F3N3O3S2/c1-12-24-17(10-29-12)13-2-6-15(7-3-13)25-30(27,28)16-8-4-14(5-9-16)18(26)23-11-19(20,21)22/h2-10,25H,11H2,1H3,(H,23,26). The van der Waals surface area contributed by atoms with Crippen LogP contribution in [0.25, 0.3) is 11.3 Å². The van der Waals surface area contributed by atoms with Crippen LogP contribution in [-0.4, -0.2) is 32.0 Å². The van der Waals surface area contributed by atoms with Gasteiger partial charge in [0.2, 0.25) is 0 Å². The summed E-state index contributed by atoms with van der Waals surface area (Å²) in [4.78, 5) is 15.9. The molecule has 30 heavy (non-hydrogen) atoms. The zero-order chi connectivity index (χ0) is 21.9. The Labute approximate surface area is 174 Å².